The molecule has 5 heteroatoms. The lowest BCUT2D eigenvalue weighted by atomic mass is 9.94. The summed E-state index contributed by atoms with van der Waals surface area (Å²) in [5.41, 5.74) is 6.03. The summed E-state index contributed by atoms with van der Waals surface area (Å²) in [7, 11) is -4.37. The van der Waals surface area contributed by atoms with Crippen molar-refractivity contribution in [3.8, 4) is 11.1 Å². The maximum absolute atomic E-state index is 10.6. The molecule has 0 saturated heterocycles. The molecule has 140 valence electrons. The number of benzene rings is 3. The number of aryl methyl sites for hydroxylation is 1. The van der Waals surface area contributed by atoms with Gasteiger partial charge in [0.05, 0.1) is 6.61 Å². The van der Waals surface area contributed by atoms with Crippen LogP contribution in [0.3, 0.4) is 0 Å². The zero-order chi connectivity index (χ0) is 19.3. The summed E-state index contributed by atoms with van der Waals surface area (Å²) >= 11 is 0. The van der Waals surface area contributed by atoms with E-state index >= 15 is 0 Å². The van der Waals surface area contributed by atoms with E-state index in [0.29, 0.717) is 6.42 Å². The maximum Gasteiger partial charge on any atom is 0.397 e. The van der Waals surface area contributed by atoms with Gasteiger partial charge < -0.3 is 0 Å². The van der Waals surface area contributed by atoms with Crippen molar-refractivity contribution in [2.24, 2.45) is 0 Å². The minimum atomic E-state index is -4.37. The van der Waals surface area contributed by atoms with E-state index in [1.54, 1.807) is 0 Å². The van der Waals surface area contributed by atoms with Gasteiger partial charge in [0, 0.05) is 5.92 Å². The highest BCUT2D eigenvalue weighted by atomic mass is 32.3. The maximum atomic E-state index is 10.6. The van der Waals surface area contributed by atoms with Gasteiger partial charge in [0.25, 0.3) is 0 Å². The van der Waals surface area contributed by atoms with E-state index in [1.807, 2.05) is 54.6 Å². The van der Waals surface area contributed by atoms with Crippen LogP contribution in [0.25, 0.3) is 11.1 Å². The fourth-order valence-electron chi connectivity index (χ4n) is 3.38. The van der Waals surface area contributed by atoms with Gasteiger partial charge >= 0.3 is 10.4 Å². The number of hydrogen-bond donors (Lipinski definition) is 1. The minimum absolute atomic E-state index is 0.0355. The molecule has 0 heterocycles. The van der Waals surface area contributed by atoms with E-state index in [-0.39, 0.29) is 12.5 Å². The first kappa shape index (κ1) is 19.3. The van der Waals surface area contributed by atoms with Crippen molar-refractivity contribution in [3.63, 3.8) is 0 Å². The standard InChI is InChI=1S/C15H14O4S.C7H8/c16-20(17,18)19-10-9-15-13-7-3-1-5-11(13)12-6-2-4-8-14(12)15;1-7-5-3-2-4-6-7/h1-8,15H,9-10H2,(H,16,17,18);2-6H,1H3. The van der Waals surface area contributed by atoms with Crippen LogP contribution in [-0.4, -0.2) is 19.6 Å². The lowest BCUT2D eigenvalue weighted by Crippen LogP contribution is -2.08. The number of fused-ring (bicyclic) bond motifs is 3. The number of hydrogen-bond acceptors (Lipinski definition) is 3. The van der Waals surface area contributed by atoms with Crippen molar-refractivity contribution >= 4 is 10.4 Å². The van der Waals surface area contributed by atoms with E-state index in [9.17, 15) is 8.42 Å². The van der Waals surface area contributed by atoms with Crippen molar-refractivity contribution < 1.29 is 17.2 Å². The smallest absolute Gasteiger partial charge is 0.264 e. The SMILES string of the molecule is Cc1ccccc1.O=S(=O)(O)OCCC1c2ccccc2-c2ccccc21. The van der Waals surface area contributed by atoms with Crippen LogP contribution in [0.1, 0.15) is 29.0 Å². The summed E-state index contributed by atoms with van der Waals surface area (Å²) in [5.74, 6) is 0.101. The molecule has 4 nitrogen and oxygen atoms in total. The summed E-state index contributed by atoms with van der Waals surface area (Å²) in [6.45, 7) is 2.05. The van der Waals surface area contributed by atoms with Crippen LogP contribution in [0.5, 0.6) is 0 Å². The Morgan fingerprint density at radius 2 is 1.30 bits per heavy atom. The van der Waals surface area contributed by atoms with Gasteiger partial charge in [-0.05, 0) is 35.6 Å². The Balaban J connectivity index is 0.000000253. The van der Waals surface area contributed by atoms with Crippen molar-refractivity contribution in [3.05, 3.63) is 95.6 Å². The topological polar surface area (TPSA) is 63.6 Å². The molecule has 0 amide bonds. The first-order valence-electron chi connectivity index (χ1n) is 8.77. The van der Waals surface area contributed by atoms with E-state index in [4.69, 9.17) is 4.55 Å². The van der Waals surface area contributed by atoms with Crippen LogP contribution in [0.15, 0.2) is 78.9 Å². The molecule has 0 aliphatic heterocycles. The average molecular weight is 382 g/mol. The fourth-order valence-corrected chi connectivity index (χ4v) is 3.68. The van der Waals surface area contributed by atoms with Crippen molar-refractivity contribution in [2.45, 2.75) is 19.3 Å². The summed E-state index contributed by atoms with van der Waals surface area (Å²) in [4.78, 5) is 0. The zero-order valence-corrected chi connectivity index (χ0v) is 15.9. The third kappa shape index (κ3) is 5.04. The molecule has 0 unspecified atom stereocenters. The Bertz CT molecular complexity index is 952. The van der Waals surface area contributed by atoms with E-state index in [0.717, 1.165) is 0 Å². The molecule has 0 fully saturated rings. The minimum Gasteiger partial charge on any atom is -0.264 e. The Morgan fingerprint density at radius 1 is 0.815 bits per heavy atom. The van der Waals surface area contributed by atoms with Gasteiger partial charge in [-0.2, -0.15) is 8.42 Å². The highest BCUT2D eigenvalue weighted by molar-refractivity contribution is 7.80. The molecule has 0 atom stereocenters. The van der Waals surface area contributed by atoms with Crippen LogP contribution < -0.4 is 0 Å². The molecule has 1 N–H and O–H groups in total. The van der Waals surface area contributed by atoms with Gasteiger partial charge in [0.15, 0.2) is 0 Å². The van der Waals surface area contributed by atoms with Crippen LogP contribution in [0, 0.1) is 6.92 Å². The molecular weight excluding hydrogens is 360 g/mol. The lowest BCUT2D eigenvalue weighted by Gasteiger charge is -2.12. The first-order chi connectivity index (χ1) is 13.0. The zero-order valence-electron chi connectivity index (χ0n) is 15.1. The van der Waals surface area contributed by atoms with Crippen molar-refractivity contribution in [1.82, 2.24) is 0 Å². The molecule has 3 aromatic rings. The van der Waals surface area contributed by atoms with E-state index in [1.165, 1.54) is 27.8 Å². The molecular formula is C22H22O4S. The number of rotatable bonds is 4. The fraction of sp³-hybridized carbons (Fsp3) is 0.182. The van der Waals surface area contributed by atoms with Gasteiger partial charge in [-0.1, -0.05) is 84.4 Å². The second-order valence-electron chi connectivity index (χ2n) is 6.42. The molecule has 1 aliphatic carbocycles. The second-order valence-corrected chi connectivity index (χ2v) is 7.51. The molecule has 0 saturated carbocycles. The van der Waals surface area contributed by atoms with Gasteiger partial charge in [0.2, 0.25) is 0 Å². The van der Waals surface area contributed by atoms with Crippen LogP contribution in [-0.2, 0) is 14.6 Å². The Morgan fingerprint density at radius 3 is 1.74 bits per heavy atom. The highest BCUT2D eigenvalue weighted by Crippen LogP contribution is 2.45. The van der Waals surface area contributed by atoms with Crippen molar-refractivity contribution in [2.75, 3.05) is 6.61 Å². The molecule has 0 spiro atoms. The quantitative estimate of drug-likeness (QED) is 0.645. The Hall–Kier alpha value is -2.47. The highest BCUT2D eigenvalue weighted by Gasteiger charge is 2.27. The monoisotopic (exact) mass is 382 g/mol. The Kier molecular flexibility index (Phi) is 6.06. The molecule has 4 rings (SSSR count). The molecule has 0 aromatic heterocycles. The molecule has 0 radical (unpaired) electrons. The van der Waals surface area contributed by atoms with Gasteiger partial charge in [-0.3, -0.25) is 4.55 Å². The van der Waals surface area contributed by atoms with E-state index in [2.05, 4.69) is 35.4 Å². The third-order valence-corrected chi connectivity index (χ3v) is 5.01. The summed E-state index contributed by atoms with van der Waals surface area (Å²) in [6, 6.07) is 26.4. The van der Waals surface area contributed by atoms with Crippen LogP contribution in [0.4, 0.5) is 0 Å². The van der Waals surface area contributed by atoms with Crippen molar-refractivity contribution in [1.29, 1.82) is 0 Å². The molecule has 0 bridgehead atoms. The normalized spacial score (nSPS) is 12.7. The average Bonchev–Trinajstić information content (AvgIpc) is 2.97. The second kappa shape index (κ2) is 8.48. The van der Waals surface area contributed by atoms with Gasteiger partial charge in [0.1, 0.15) is 0 Å². The summed E-state index contributed by atoms with van der Waals surface area (Å²) in [5, 5.41) is 0. The van der Waals surface area contributed by atoms with Gasteiger partial charge in [-0.25, -0.2) is 4.18 Å². The molecule has 1 aliphatic rings. The molecule has 3 aromatic carbocycles. The summed E-state index contributed by atoms with van der Waals surface area (Å²) in [6.07, 6.45) is 0.508. The van der Waals surface area contributed by atoms with Crippen LogP contribution >= 0.6 is 0 Å². The summed E-state index contributed by atoms with van der Waals surface area (Å²) < 4.78 is 34.3. The Labute approximate surface area is 160 Å². The first-order valence-corrected chi connectivity index (χ1v) is 10.1. The van der Waals surface area contributed by atoms with Crippen LogP contribution in [0.2, 0.25) is 0 Å². The van der Waals surface area contributed by atoms with Gasteiger partial charge in [-0.15, -0.1) is 0 Å². The lowest BCUT2D eigenvalue weighted by molar-refractivity contribution is 0.261. The predicted octanol–water partition coefficient (Wildman–Crippen LogP) is 5.00. The largest absolute Gasteiger partial charge is 0.397 e. The third-order valence-electron chi connectivity index (χ3n) is 4.54. The van der Waals surface area contributed by atoms with E-state index < -0.39 is 10.4 Å². The molecule has 27 heavy (non-hydrogen) atoms. The predicted molar refractivity (Wildman–Crippen MR) is 107 cm³/mol.